The Morgan fingerprint density at radius 3 is 2.67 bits per heavy atom. The predicted molar refractivity (Wildman–Crippen MR) is 61.9 cm³/mol. The molecule has 1 aliphatic rings. The maximum absolute atomic E-state index is 12.9. The second kappa shape index (κ2) is 5.28. The Bertz CT molecular complexity index is 405. The van der Waals surface area contributed by atoms with Crippen LogP contribution in [0.4, 0.5) is 13.2 Å². The predicted octanol–water partition coefficient (Wildman–Crippen LogP) is 3.13. The summed E-state index contributed by atoms with van der Waals surface area (Å²) in [7, 11) is 0. The zero-order valence-corrected chi connectivity index (χ0v) is 9.91. The number of hydrogen-bond donors (Lipinski definition) is 1. The molecule has 0 aromatic heterocycles. The summed E-state index contributed by atoms with van der Waals surface area (Å²) in [5, 5.41) is 0. The van der Waals surface area contributed by atoms with Crippen LogP contribution in [-0.4, -0.2) is 13.2 Å². The number of benzene rings is 1. The normalized spacial score (nSPS) is 25.1. The van der Waals surface area contributed by atoms with Gasteiger partial charge in [0.25, 0.3) is 0 Å². The highest BCUT2D eigenvalue weighted by Crippen LogP contribution is 2.40. The number of ether oxygens (including phenoxy) is 1. The van der Waals surface area contributed by atoms with E-state index in [1.165, 1.54) is 12.1 Å². The number of alkyl halides is 3. The lowest BCUT2D eigenvalue weighted by atomic mass is 9.87. The molecular weight excluding hydrogens is 243 g/mol. The Labute approximate surface area is 104 Å². The van der Waals surface area contributed by atoms with E-state index in [0.717, 1.165) is 18.9 Å². The Kier molecular flexibility index (Phi) is 3.92. The van der Waals surface area contributed by atoms with Crippen LogP contribution in [0.25, 0.3) is 0 Å². The van der Waals surface area contributed by atoms with Gasteiger partial charge in [0.1, 0.15) is 0 Å². The summed E-state index contributed by atoms with van der Waals surface area (Å²) in [4.78, 5) is 0. The van der Waals surface area contributed by atoms with Crippen molar-refractivity contribution in [3.05, 3.63) is 35.4 Å². The minimum Gasteiger partial charge on any atom is -0.373 e. The summed E-state index contributed by atoms with van der Waals surface area (Å²) in [5.74, 6) is -0.0396. The van der Waals surface area contributed by atoms with Crippen LogP contribution < -0.4 is 5.73 Å². The van der Waals surface area contributed by atoms with Gasteiger partial charge in [-0.25, -0.2) is 0 Å². The molecule has 0 spiro atoms. The zero-order chi connectivity index (χ0) is 13.2. The van der Waals surface area contributed by atoms with Gasteiger partial charge in [0.05, 0.1) is 11.7 Å². The lowest BCUT2D eigenvalue weighted by Gasteiger charge is -2.32. The molecule has 0 amide bonds. The van der Waals surface area contributed by atoms with Crippen LogP contribution in [0.15, 0.2) is 24.3 Å². The quantitative estimate of drug-likeness (QED) is 0.885. The molecule has 100 valence electrons. The molecule has 1 fully saturated rings. The van der Waals surface area contributed by atoms with E-state index in [0.29, 0.717) is 13.2 Å². The molecule has 1 aromatic rings. The zero-order valence-electron chi connectivity index (χ0n) is 9.91. The van der Waals surface area contributed by atoms with Crippen LogP contribution in [0.5, 0.6) is 0 Å². The van der Waals surface area contributed by atoms with Crippen molar-refractivity contribution < 1.29 is 17.9 Å². The summed E-state index contributed by atoms with van der Waals surface area (Å²) in [6.45, 7) is 0.838. The number of halogens is 3. The van der Waals surface area contributed by atoms with Crippen LogP contribution in [0.1, 0.15) is 30.1 Å². The first-order chi connectivity index (χ1) is 8.54. The van der Waals surface area contributed by atoms with E-state index in [9.17, 15) is 13.2 Å². The van der Waals surface area contributed by atoms with Gasteiger partial charge in [0, 0.05) is 12.5 Å². The van der Waals surface area contributed by atoms with Gasteiger partial charge in [0.2, 0.25) is 0 Å². The Morgan fingerprint density at radius 1 is 1.28 bits per heavy atom. The van der Waals surface area contributed by atoms with Gasteiger partial charge in [-0.1, -0.05) is 18.2 Å². The Balaban J connectivity index is 2.37. The van der Waals surface area contributed by atoms with Crippen LogP contribution >= 0.6 is 0 Å². The molecule has 0 saturated carbocycles. The second-order valence-corrected chi connectivity index (χ2v) is 4.51. The van der Waals surface area contributed by atoms with Crippen molar-refractivity contribution in [2.45, 2.75) is 25.1 Å². The minimum absolute atomic E-state index is 0.0396. The van der Waals surface area contributed by atoms with E-state index in [1.807, 2.05) is 0 Å². The fraction of sp³-hybridized carbons (Fsp3) is 0.538. The van der Waals surface area contributed by atoms with Crippen molar-refractivity contribution in [1.82, 2.24) is 0 Å². The monoisotopic (exact) mass is 259 g/mol. The molecular formula is C13H16F3NO. The standard InChI is InChI=1S/C13H16F3NO/c14-13(15,16)11-6-2-1-5-10(11)12-9(8-17)4-3-7-18-12/h1-2,5-6,9,12H,3-4,7-8,17H2. The van der Waals surface area contributed by atoms with Crippen molar-refractivity contribution in [1.29, 1.82) is 0 Å². The lowest BCUT2D eigenvalue weighted by Crippen LogP contribution is -2.30. The maximum atomic E-state index is 12.9. The van der Waals surface area contributed by atoms with Crippen LogP contribution in [0.2, 0.25) is 0 Å². The average molecular weight is 259 g/mol. The first kappa shape index (κ1) is 13.4. The van der Waals surface area contributed by atoms with E-state index >= 15 is 0 Å². The van der Waals surface area contributed by atoms with Gasteiger partial charge >= 0.3 is 6.18 Å². The second-order valence-electron chi connectivity index (χ2n) is 4.51. The summed E-state index contributed by atoms with van der Waals surface area (Å²) >= 11 is 0. The number of rotatable bonds is 2. The van der Waals surface area contributed by atoms with E-state index in [-0.39, 0.29) is 11.5 Å². The molecule has 1 heterocycles. The maximum Gasteiger partial charge on any atom is 0.416 e. The topological polar surface area (TPSA) is 35.2 Å². The molecule has 5 heteroatoms. The smallest absolute Gasteiger partial charge is 0.373 e. The molecule has 2 atom stereocenters. The van der Waals surface area contributed by atoms with Gasteiger partial charge in [0.15, 0.2) is 0 Å². The van der Waals surface area contributed by atoms with Crippen molar-refractivity contribution in [2.75, 3.05) is 13.2 Å². The highest BCUT2D eigenvalue weighted by atomic mass is 19.4. The molecule has 2 rings (SSSR count). The fourth-order valence-corrected chi connectivity index (χ4v) is 2.43. The Morgan fingerprint density at radius 2 is 2.00 bits per heavy atom. The number of hydrogen-bond acceptors (Lipinski definition) is 2. The van der Waals surface area contributed by atoms with Gasteiger partial charge < -0.3 is 10.5 Å². The summed E-state index contributed by atoms with van der Waals surface area (Å²) in [6.07, 6.45) is -3.22. The van der Waals surface area contributed by atoms with Gasteiger partial charge in [-0.3, -0.25) is 0 Å². The van der Waals surface area contributed by atoms with Crippen molar-refractivity contribution >= 4 is 0 Å². The van der Waals surface area contributed by atoms with Crippen LogP contribution in [-0.2, 0) is 10.9 Å². The summed E-state index contributed by atoms with van der Waals surface area (Å²) in [6, 6.07) is 5.59. The van der Waals surface area contributed by atoms with Gasteiger partial charge in [-0.15, -0.1) is 0 Å². The van der Waals surface area contributed by atoms with E-state index in [1.54, 1.807) is 6.07 Å². The van der Waals surface area contributed by atoms with E-state index < -0.39 is 17.8 Å². The molecule has 0 aliphatic carbocycles. The third kappa shape index (κ3) is 2.67. The SMILES string of the molecule is NCC1CCCOC1c1ccccc1C(F)(F)F. The summed E-state index contributed by atoms with van der Waals surface area (Å²) in [5.41, 5.74) is 5.22. The average Bonchev–Trinajstić information content (AvgIpc) is 2.37. The molecule has 1 aliphatic heterocycles. The van der Waals surface area contributed by atoms with Crippen LogP contribution in [0.3, 0.4) is 0 Å². The molecule has 0 bridgehead atoms. The lowest BCUT2D eigenvalue weighted by molar-refractivity contribution is -0.140. The van der Waals surface area contributed by atoms with Gasteiger partial charge in [-0.2, -0.15) is 13.2 Å². The highest BCUT2D eigenvalue weighted by Gasteiger charge is 2.37. The molecule has 0 radical (unpaired) electrons. The molecule has 2 N–H and O–H groups in total. The van der Waals surface area contributed by atoms with Gasteiger partial charge in [-0.05, 0) is 31.0 Å². The molecule has 2 unspecified atom stereocenters. The molecule has 1 saturated heterocycles. The molecule has 2 nitrogen and oxygen atoms in total. The third-order valence-electron chi connectivity index (χ3n) is 3.32. The van der Waals surface area contributed by atoms with Crippen molar-refractivity contribution in [3.8, 4) is 0 Å². The molecule has 18 heavy (non-hydrogen) atoms. The largest absolute Gasteiger partial charge is 0.416 e. The highest BCUT2D eigenvalue weighted by molar-refractivity contribution is 5.32. The van der Waals surface area contributed by atoms with E-state index in [2.05, 4.69) is 0 Å². The van der Waals surface area contributed by atoms with E-state index in [4.69, 9.17) is 10.5 Å². The van der Waals surface area contributed by atoms with Crippen molar-refractivity contribution in [2.24, 2.45) is 11.7 Å². The first-order valence-electron chi connectivity index (χ1n) is 6.02. The number of nitrogens with two attached hydrogens (primary N) is 1. The summed E-state index contributed by atoms with van der Waals surface area (Å²) < 4.78 is 44.4. The minimum atomic E-state index is -4.35. The van der Waals surface area contributed by atoms with Crippen molar-refractivity contribution in [3.63, 3.8) is 0 Å². The molecule has 1 aromatic carbocycles. The first-order valence-corrected chi connectivity index (χ1v) is 6.02. The van der Waals surface area contributed by atoms with Crippen LogP contribution in [0, 0.1) is 5.92 Å². The Hall–Kier alpha value is -1.07. The fourth-order valence-electron chi connectivity index (χ4n) is 2.43. The third-order valence-corrected chi connectivity index (χ3v) is 3.32.